The number of aromatic nitrogens is 4. The van der Waals surface area contributed by atoms with E-state index in [1.807, 2.05) is 10.6 Å². The number of terminal acetylenes is 1. The Morgan fingerprint density at radius 2 is 2.09 bits per heavy atom. The minimum absolute atomic E-state index is 0.157. The molecule has 2 aromatic heterocycles. The van der Waals surface area contributed by atoms with Crippen LogP contribution in [0.4, 0.5) is 5.82 Å². The molecule has 2 N–H and O–H groups in total. The summed E-state index contributed by atoms with van der Waals surface area (Å²) in [7, 11) is -3.20. The summed E-state index contributed by atoms with van der Waals surface area (Å²) >= 11 is 1.40. The van der Waals surface area contributed by atoms with E-state index >= 15 is 0 Å². The number of ether oxygens (including phenoxy) is 2. The van der Waals surface area contributed by atoms with Crippen LogP contribution < -0.4 is 15.2 Å². The van der Waals surface area contributed by atoms with E-state index in [9.17, 15) is 8.42 Å². The number of imidazole rings is 1. The largest absolute Gasteiger partial charge is 0.454 e. The SMILES string of the molecule is C#Cc1cc2c(cc1Sc1nc3c(N)ncnc3n1CCC1CCCN(S(C)(=O)=O)C1)OCO2. The van der Waals surface area contributed by atoms with Crippen LogP contribution in [0.2, 0.25) is 0 Å². The molecule has 1 saturated heterocycles. The smallest absolute Gasteiger partial charge is 0.231 e. The highest BCUT2D eigenvalue weighted by atomic mass is 32.2. The molecule has 12 heteroatoms. The molecule has 1 fully saturated rings. The molecule has 178 valence electrons. The van der Waals surface area contributed by atoms with E-state index < -0.39 is 10.0 Å². The van der Waals surface area contributed by atoms with E-state index in [0.29, 0.717) is 58.8 Å². The molecule has 0 aliphatic carbocycles. The van der Waals surface area contributed by atoms with Crippen LogP contribution in [0.15, 0.2) is 28.5 Å². The fraction of sp³-hybridized carbons (Fsp3) is 0.409. The van der Waals surface area contributed by atoms with Crippen LogP contribution in [0.1, 0.15) is 24.8 Å². The molecule has 5 rings (SSSR count). The maximum absolute atomic E-state index is 12.0. The summed E-state index contributed by atoms with van der Waals surface area (Å²) < 4.78 is 38.6. The van der Waals surface area contributed by atoms with Crippen molar-refractivity contribution in [3.05, 3.63) is 24.0 Å². The molecule has 1 atom stereocenters. The minimum Gasteiger partial charge on any atom is -0.454 e. The van der Waals surface area contributed by atoms with E-state index in [1.165, 1.54) is 24.3 Å². The first-order valence-corrected chi connectivity index (χ1v) is 13.5. The third-order valence-electron chi connectivity index (χ3n) is 6.07. The van der Waals surface area contributed by atoms with Gasteiger partial charge in [0.1, 0.15) is 6.33 Å². The lowest BCUT2D eigenvalue weighted by molar-refractivity contribution is 0.174. The van der Waals surface area contributed by atoms with Gasteiger partial charge in [0.05, 0.1) is 6.26 Å². The van der Waals surface area contributed by atoms with Crippen molar-refractivity contribution in [2.24, 2.45) is 5.92 Å². The summed E-state index contributed by atoms with van der Waals surface area (Å²) in [5.74, 6) is 4.50. The monoisotopic (exact) mass is 500 g/mol. The van der Waals surface area contributed by atoms with Gasteiger partial charge in [-0.15, -0.1) is 6.42 Å². The molecule has 10 nitrogen and oxygen atoms in total. The van der Waals surface area contributed by atoms with E-state index in [0.717, 1.165) is 24.2 Å². The van der Waals surface area contributed by atoms with Crippen molar-refractivity contribution in [1.82, 2.24) is 23.8 Å². The highest BCUT2D eigenvalue weighted by Gasteiger charge is 2.27. The summed E-state index contributed by atoms with van der Waals surface area (Å²) in [6.45, 7) is 1.86. The Balaban J connectivity index is 1.46. The predicted molar refractivity (Wildman–Crippen MR) is 128 cm³/mol. The lowest BCUT2D eigenvalue weighted by Gasteiger charge is -2.31. The van der Waals surface area contributed by atoms with Gasteiger partial charge in [-0.2, -0.15) is 0 Å². The molecule has 2 aliphatic rings. The van der Waals surface area contributed by atoms with Crippen molar-refractivity contribution in [3.8, 4) is 23.8 Å². The van der Waals surface area contributed by atoms with Gasteiger partial charge in [0.15, 0.2) is 33.6 Å². The lowest BCUT2D eigenvalue weighted by Crippen LogP contribution is -2.39. The molecule has 1 unspecified atom stereocenters. The van der Waals surface area contributed by atoms with Crippen molar-refractivity contribution in [1.29, 1.82) is 0 Å². The second-order valence-electron chi connectivity index (χ2n) is 8.34. The predicted octanol–water partition coefficient (Wildman–Crippen LogP) is 2.33. The number of anilines is 1. The van der Waals surface area contributed by atoms with Gasteiger partial charge >= 0.3 is 0 Å². The van der Waals surface area contributed by atoms with Crippen LogP contribution in [0.3, 0.4) is 0 Å². The summed E-state index contributed by atoms with van der Waals surface area (Å²) in [6, 6.07) is 3.64. The number of sulfonamides is 1. The standard InChI is InChI=1S/C22H24N6O4S2/c1-3-15-9-16-17(32-13-31-16)10-18(15)33-22-26-19-20(23)24-12-25-21(19)28(22)8-6-14-5-4-7-27(11-14)34(2,29)30/h1,9-10,12,14H,4-8,11,13H2,2H3,(H2,23,24,25). The van der Waals surface area contributed by atoms with Crippen LogP contribution in [0, 0.1) is 18.3 Å². The molecule has 34 heavy (non-hydrogen) atoms. The second-order valence-corrected chi connectivity index (χ2v) is 11.3. The molecule has 0 bridgehead atoms. The summed E-state index contributed by atoms with van der Waals surface area (Å²) in [5.41, 5.74) is 7.91. The molecule has 4 heterocycles. The second kappa shape index (κ2) is 8.98. The molecule has 0 spiro atoms. The Morgan fingerprint density at radius 3 is 2.85 bits per heavy atom. The van der Waals surface area contributed by atoms with Crippen LogP contribution in [0.25, 0.3) is 11.2 Å². The highest BCUT2D eigenvalue weighted by molar-refractivity contribution is 7.99. The maximum Gasteiger partial charge on any atom is 0.231 e. The molecule has 2 aliphatic heterocycles. The Morgan fingerprint density at radius 1 is 1.29 bits per heavy atom. The van der Waals surface area contributed by atoms with Crippen molar-refractivity contribution < 1.29 is 17.9 Å². The molecule has 1 aromatic carbocycles. The number of hydrogen-bond donors (Lipinski definition) is 1. The summed E-state index contributed by atoms with van der Waals surface area (Å²) in [6.07, 6.45) is 11.0. The number of fused-ring (bicyclic) bond motifs is 2. The zero-order chi connectivity index (χ0) is 23.9. The van der Waals surface area contributed by atoms with Crippen molar-refractivity contribution in [2.75, 3.05) is 31.9 Å². The Hall–Kier alpha value is -3.01. The van der Waals surface area contributed by atoms with Crippen molar-refractivity contribution >= 4 is 38.8 Å². The number of benzene rings is 1. The van der Waals surface area contributed by atoms with Crippen molar-refractivity contribution in [3.63, 3.8) is 0 Å². The molecular formula is C22H24N6O4S2. The summed E-state index contributed by atoms with van der Waals surface area (Å²) in [4.78, 5) is 14.0. The van der Waals surface area contributed by atoms with Crippen LogP contribution in [-0.4, -0.2) is 58.4 Å². The van der Waals surface area contributed by atoms with Gasteiger partial charge in [0, 0.05) is 36.2 Å². The van der Waals surface area contributed by atoms with Gasteiger partial charge in [0.25, 0.3) is 0 Å². The van der Waals surface area contributed by atoms with Crippen molar-refractivity contribution in [2.45, 2.75) is 35.9 Å². The third-order valence-corrected chi connectivity index (χ3v) is 8.39. The van der Waals surface area contributed by atoms with E-state index in [4.69, 9.17) is 26.6 Å². The fourth-order valence-corrected chi connectivity index (χ4v) is 6.27. The number of hydrogen-bond acceptors (Lipinski definition) is 9. The quantitative estimate of drug-likeness (QED) is 0.508. The van der Waals surface area contributed by atoms with Gasteiger partial charge < -0.3 is 19.8 Å². The number of aryl methyl sites for hydroxylation is 1. The summed E-state index contributed by atoms with van der Waals surface area (Å²) in [5, 5.41) is 0.674. The number of nitrogens with two attached hydrogens (primary N) is 1. The molecule has 0 radical (unpaired) electrons. The number of piperidine rings is 1. The van der Waals surface area contributed by atoms with Gasteiger partial charge in [-0.3, -0.25) is 0 Å². The zero-order valence-electron chi connectivity index (χ0n) is 18.6. The Bertz CT molecular complexity index is 1400. The maximum atomic E-state index is 12.0. The van der Waals surface area contributed by atoms with E-state index in [2.05, 4.69) is 15.9 Å². The van der Waals surface area contributed by atoms with E-state index in [1.54, 1.807) is 10.4 Å². The molecule has 0 saturated carbocycles. The molecular weight excluding hydrogens is 476 g/mol. The Kier molecular flexibility index (Phi) is 6.01. The average Bonchev–Trinajstić information content (AvgIpc) is 3.41. The minimum atomic E-state index is -3.20. The number of nitrogen functional groups attached to an aromatic ring is 1. The topological polar surface area (TPSA) is 125 Å². The zero-order valence-corrected chi connectivity index (χ0v) is 20.2. The van der Waals surface area contributed by atoms with Crippen LogP contribution >= 0.6 is 11.8 Å². The molecule has 3 aromatic rings. The number of nitrogens with zero attached hydrogens (tertiary/aromatic N) is 5. The van der Waals surface area contributed by atoms with E-state index in [-0.39, 0.29) is 12.7 Å². The van der Waals surface area contributed by atoms with Crippen LogP contribution in [0.5, 0.6) is 11.5 Å². The molecule has 0 amide bonds. The highest BCUT2D eigenvalue weighted by Crippen LogP contribution is 2.41. The Labute approximate surface area is 201 Å². The third kappa shape index (κ3) is 4.38. The van der Waals surface area contributed by atoms with Gasteiger partial charge in [-0.1, -0.05) is 17.7 Å². The van der Waals surface area contributed by atoms with Gasteiger partial charge in [-0.05, 0) is 31.2 Å². The average molecular weight is 501 g/mol. The van der Waals surface area contributed by atoms with Gasteiger partial charge in [-0.25, -0.2) is 27.7 Å². The first-order valence-electron chi connectivity index (χ1n) is 10.8. The fourth-order valence-electron chi connectivity index (χ4n) is 4.31. The van der Waals surface area contributed by atoms with Crippen LogP contribution in [-0.2, 0) is 16.6 Å². The lowest BCUT2D eigenvalue weighted by atomic mass is 9.96. The normalized spacial score (nSPS) is 18.3. The first kappa shape index (κ1) is 22.8. The first-order chi connectivity index (χ1) is 16.3. The van der Waals surface area contributed by atoms with Gasteiger partial charge in [0.2, 0.25) is 16.8 Å². The number of rotatable bonds is 6.